The van der Waals surface area contributed by atoms with Crippen LogP contribution < -0.4 is 0 Å². The van der Waals surface area contributed by atoms with Crippen molar-refractivity contribution in [2.45, 2.75) is 49.5 Å². The summed E-state index contributed by atoms with van der Waals surface area (Å²) >= 11 is 0. The Morgan fingerprint density at radius 3 is 2.67 bits per heavy atom. The summed E-state index contributed by atoms with van der Waals surface area (Å²) in [6, 6.07) is 1.30. The molecule has 1 aliphatic carbocycles. The van der Waals surface area contributed by atoms with Gasteiger partial charge < -0.3 is 10.1 Å². The van der Waals surface area contributed by atoms with Crippen LogP contribution >= 0.6 is 0 Å². The number of carbonyl (C=O) groups is 1. The molecule has 1 aliphatic heterocycles. The number of aromatic amines is 1. The Morgan fingerprint density at radius 1 is 1.24 bits per heavy atom. The Kier molecular flexibility index (Phi) is 3.79. The van der Waals surface area contributed by atoms with Gasteiger partial charge in [0.05, 0.1) is 0 Å². The Morgan fingerprint density at radius 2 is 1.95 bits per heavy atom. The Balaban J connectivity index is 1.90. The van der Waals surface area contributed by atoms with Crippen LogP contribution in [-0.2, 0) is 10.0 Å². The molecule has 0 amide bonds. The van der Waals surface area contributed by atoms with Gasteiger partial charge in [0.1, 0.15) is 10.6 Å². The van der Waals surface area contributed by atoms with Crippen molar-refractivity contribution in [3.63, 3.8) is 0 Å². The highest BCUT2D eigenvalue weighted by Gasteiger charge is 2.40. The third-order valence-corrected chi connectivity index (χ3v) is 6.59. The van der Waals surface area contributed by atoms with E-state index in [1.165, 1.54) is 18.7 Å². The van der Waals surface area contributed by atoms with Gasteiger partial charge in [-0.2, -0.15) is 4.31 Å². The number of rotatable bonds is 3. The zero-order valence-electron chi connectivity index (χ0n) is 11.8. The summed E-state index contributed by atoms with van der Waals surface area (Å²) in [6.07, 6.45) is 7.54. The highest BCUT2D eigenvalue weighted by Crippen LogP contribution is 2.38. The van der Waals surface area contributed by atoms with Crippen LogP contribution in [0.5, 0.6) is 0 Å². The first kappa shape index (κ1) is 14.6. The van der Waals surface area contributed by atoms with Gasteiger partial charge in [-0.1, -0.05) is 12.8 Å². The number of sulfonamides is 1. The predicted molar refractivity (Wildman–Crippen MR) is 76.6 cm³/mol. The summed E-state index contributed by atoms with van der Waals surface area (Å²) in [5, 5.41) is 8.92. The van der Waals surface area contributed by atoms with Crippen LogP contribution in [-0.4, -0.2) is 41.4 Å². The van der Waals surface area contributed by atoms with E-state index in [4.69, 9.17) is 5.11 Å². The summed E-state index contributed by atoms with van der Waals surface area (Å²) in [7, 11) is -3.61. The van der Waals surface area contributed by atoms with Crippen molar-refractivity contribution in [2.24, 2.45) is 5.92 Å². The second-order valence-electron chi connectivity index (χ2n) is 5.92. The topological polar surface area (TPSA) is 90.5 Å². The fourth-order valence-electron chi connectivity index (χ4n) is 3.66. The number of fused-ring (bicyclic) bond motifs is 1. The molecule has 2 aliphatic rings. The number of aromatic nitrogens is 1. The summed E-state index contributed by atoms with van der Waals surface area (Å²) < 4.78 is 27.2. The molecule has 2 heterocycles. The average molecular weight is 312 g/mol. The predicted octanol–water partition coefficient (Wildman–Crippen LogP) is 2.06. The van der Waals surface area contributed by atoms with Gasteiger partial charge >= 0.3 is 5.97 Å². The molecule has 116 valence electrons. The molecule has 0 spiro atoms. The van der Waals surface area contributed by atoms with Crippen LogP contribution in [0, 0.1) is 5.92 Å². The quantitative estimate of drug-likeness (QED) is 0.894. The van der Waals surface area contributed by atoms with Gasteiger partial charge in [0.25, 0.3) is 0 Å². The van der Waals surface area contributed by atoms with Crippen molar-refractivity contribution in [3.05, 3.63) is 18.0 Å². The number of piperidine rings is 1. The number of hydrogen-bond acceptors (Lipinski definition) is 3. The normalized spacial score (nSPS) is 27.2. The molecule has 1 aromatic rings. The van der Waals surface area contributed by atoms with Crippen LogP contribution in [0.3, 0.4) is 0 Å². The smallest absolute Gasteiger partial charge is 0.352 e. The molecule has 0 bridgehead atoms. The molecule has 1 saturated heterocycles. The van der Waals surface area contributed by atoms with Gasteiger partial charge in [0, 0.05) is 18.8 Å². The van der Waals surface area contributed by atoms with E-state index in [2.05, 4.69) is 4.98 Å². The van der Waals surface area contributed by atoms with Crippen LogP contribution in [0.2, 0.25) is 0 Å². The first-order chi connectivity index (χ1) is 10.00. The molecule has 2 fully saturated rings. The van der Waals surface area contributed by atoms with Crippen molar-refractivity contribution >= 4 is 16.0 Å². The van der Waals surface area contributed by atoms with Gasteiger partial charge in [0.15, 0.2) is 0 Å². The lowest BCUT2D eigenvalue weighted by molar-refractivity contribution is 0.0691. The van der Waals surface area contributed by atoms with Gasteiger partial charge in [-0.25, -0.2) is 13.2 Å². The molecule has 2 N–H and O–H groups in total. The summed E-state index contributed by atoms with van der Waals surface area (Å²) in [4.78, 5) is 13.5. The van der Waals surface area contributed by atoms with E-state index < -0.39 is 16.0 Å². The van der Waals surface area contributed by atoms with E-state index in [1.807, 2.05) is 0 Å². The lowest BCUT2D eigenvalue weighted by Crippen LogP contribution is -2.49. The van der Waals surface area contributed by atoms with Crippen LogP contribution in [0.1, 0.15) is 49.0 Å². The van der Waals surface area contributed by atoms with Crippen molar-refractivity contribution in [3.8, 4) is 0 Å². The molecule has 0 aromatic carbocycles. The third-order valence-electron chi connectivity index (χ3n) is 4.69. The Hall–Kier alpha value is -1.34. The molecule has 0 unspecified atom stereocenters. The van der Waals surface area contributed by atoms with E-state index in [-0.39, 0.29) is 16.6 Å². The van der Waals surface area contributed by atoms with Crippen LogP contribution in [0.15, 0.2) is 17.2 Å². The molecule has 6 nitrogen and oxygen atoms in total. The van der Waals surface area contributed by atoms with Crippen molar-refractivity contribution in [1.82, 2.24) is 9.29 Å². The van der Waals surface area contributed by atoms with E-state index in [1.54, 1.807) is 4.31 Å². The Bertz CT molecular complexity index is 635. The zero-order chi connectivity index (χ0) is 15.0. The molecular weight excluding hydrogens is 292 g/mol. The largest absolute Gasteiger partial charge is 0.477 e. The lowest BCUT2D eigenvalue weighted by Gasteiger charge is -2.42. The molecule has 3 rings (SSSR count). The molecule has 1 saturated carbocycles. The number of hydrogen-bond donors (Lipinski definition) is 2. The highest BCUT2D eigenvalue weighted by molar-refractivity contribution is 7.89. The molecule has 21 heavy (non-hydrogen) atoms. The number of carboxylic acids is 1. The maximum atomic E-state index is 12.8. The number of aromatic carboxylic acids is 1. The number of nitrogens with zero attached hydrogens (tertiary/aromatic N) is 1. The first-order valence-corrected chi connectivity index (χ1v) is 8.88. The zero-order valence-corrected chi connectivity index (χ0v) is 12.6. The monoisotopic (exact) mass is 312 g/mol. The fourth-order valence-corrected chi connectivity index (χ4v) is 5.41. The minimum atomic E-state index is -3.61. The van der Waals surface area contributed by atoms with Gasteiger partial charge in [0.2, 0.25) is 10.0 Å². The minimum Gasteiger partial charge on any atom is -0.477 e. The maximum Gasteiger partial charge on any atom is 0.352 e. The number of nitrogens with one attached hydrogen (secondary N) is 1. The van der Waals surface area contributed by atoms with E-state index in [0.29, 0.717) is 12.5 Å². The average Bonchev–Trinajstić information content (AvgIpc) is 2.97. The summed E-state index contributed by atoms with van der Waals surface area (Å²) in [5.74, 6) is -0.689. The number of carboxylic acid groups (broad SMARTS) is 1. The van der Waals surface area contributed by atoms with E-state index in [9.17, 15) is 13.2 Å². The molecule has 7 heteroatoms. The second kappa shape index (κ2) is 5.46. The van der Waals surface area contributed by atoms with Gasteiger partial charge in [-0.3, -0.25) is 0 Å². The van der Waals surface area contributed by atoms with Crippen molar-refractivity contribution in [2.75, 3.05) is 6.54 Å². The fraction of sp³-hybridized carbons (Fsp3) is 0.643. The highest BCUT2D eigenvalue weighted by atomic mass is 32.2. The van der Waals surface area contributed by atoms with E-state index >= 15 is 0 Å². The van der Waals surface area contributed by atoms with Crippen molar-refractivity contribution < 1.29 is 18.3 Å². The molecule has 1 aromatic heterocycles. The minimum absolute atomic E-state index is 0.0612. The molecular formula is C14H20N2O4S. The molecule has 2 atom stereocenters. The maximum absolute atomic E-state index is 12.8. The standard InChI is InChI=1S/C14H20N2O4S/c17-14(18)12-8-11(9-15-12)21(19,20)16-7-3-5-10-4-1-2-6-13(10)16/h8-10,13,15H,1-7H2,(H,17,18)/t10-,13-/m1/s1. The number of H-pyrrole nitrogens is 1. The third kappa shape index (κ3) is 2.60. The van der Waals surface area contributed by atoms with E-state index in [0.717, 1.165) is 32.1 Å². The lowest BCUT2D eigenvalue weighted by atomic mass is 9.79. The SMILES string of the molecule is O=C(O)c1cc(S(=O)(=O)N2CCC[C@H]3CCCC[C@H]32)c[nH]1. The van der Waals surface area contributed by atoms with Gasteiger partial charge in [-0.15, -0.1) is 0 Å². The second-order valence-corrected chi connectivity index (χ2v) is 7.81. The van der Waals surface area contributed by atoms with Crippen LogP contribution in [0.25, 0.3) is 0 Å². The summed E-state index contributed by atoms with van der Waals surface area (Å²) in [6.45, 7) is 0.539. The summed E-state index contributed by atoms with van der Waals surface area (Å²) in [5.41, 5.74) is -0.0919. The van der Waals surface area contributed by atoms with Gasteiger partial charge in [-0.05, 0) is 37.7 Å². The molecule has 0 radical (unpaired) electrons. The van der Waals surface area contributed by atoms with Crippen molar-refractivity contribution in [1.29, 1.82) is 0 Å². The Labute approximate surface area is 124 Å². The first-order valence-electron chi connectivity index (χ1n) is 7.43. The van der Waals surface area contributed by atoms with Crippen LogP contribution in [0.4, 0.5) is 0 Å².